The van der Waals surface area contributed by atoms with Crippen molar-refractivity contribution in [3.05, 3.63) is 23.5 Å². The van der Waals surface area contributed by atoms with Crippen LogP contribution in [0, 0.1) is 10.8 Å². The molecule has 0 radical (unpaired) electrons. The van der Waals surface area contributed by atoms with Gasteiger partial charge in [-0.3, -0.25) is 14.6 Å². The molecule has 1 aromatic rings. The van der Waals surface area contributed by atoms with Crippen LogP contribution in [0.1, 0.15) is 48.2 Å². The van der Waals surface area contributed by atoms with Crippen LogP contribution >= 0.6 is 0 Å². The molecule has 2 saturated carbocycles. The lowest BCUT2D eigenvalue weighted by Gasteiger charge is -2.27. The number of pyridine rings is 1. The van der Waals surface area contributed by atoms with Crippen LogP contribution < -0.4 is 15.4 Å². The van der Waals surface area contributed by atoms with Gasteiger partial charge in [-0.25, -0.2) is 0 Å². The lowest BCUT2D eigenvalue weighted by Crippen LogP contribution is -2.30. The maximum atomic E-state index is 11.7. The van der Waals surface area contributed by atoms with Gasteiger partial charge in [0, 0.05) is 38.0 Å². The molecule has 7 nitrogen and oxygen atoms in total. The van der Waals surface area contributed by atoms with Gasteiger partial charge in [-0.1, -0.05) is 0 Å². The highest BCUT2D eigenvalue weighted by molar-refractivity contribution is 5.92. The normalized spacial score (nSPS) is 27.3. The monoisotopic (exact) mass is 347 g/mol. The second kappa shape index (κ2) is 6.63. The van der Waals surface area contributed by atoms with E-state index in [4.69, 9.17) is 4.74 Å². The Morgan fingerprint density at radius 3 is 2.60 bits per heavy atom. The Balaban J connectivity index is 1.61. The van der Waals surface area contributed by atoms with Crippen molar-refractivity contribution in [2.45, 2.75) is 38.6 Å². The summed E-state index contributed by atoms with van der Waals surface area (Å²) in [5.74, 6) is -0.266. The zero-order valence-corrected chi connectivity index (χ0v) is 14.7. The van der Waals surface area contributed by atoms with Crippen LogP contribution in [0.4, 0.5) is 0 Å². The third kappa shape index (κ3) is 3.20. The topological polar surface area (TPSA) is 101 Å². The van der Waals surface area contributed by atoms with Crippen molar-refractivity contribution >= 4 is 11.9 Å². The molecule has 25 heavy (non-hydrogen) atoms. The summed E-state index contributed by atoms with van der Waals surface area (Å²) in [7, 11) is 3.13. The van der Waals surface area contributed by atoms with Gasteiger partial charge in [0.1, 0.15) is 11.4 Å². The Labute approximate surface area is 147 Å². The number of aliphatic carboxylic acids is 1. The Morgan fingerprint density at radius 1 is 1.32 bits per heavy atom. The maximum absolute atomic E-state index is 11.7. The summed E-state index contributed by atoms with van der Waals surface area (Å²) in [5, 5.41) is 15.5. The zero-order chi connectivity index (χ0) is 18.1. The fourth-order valence-electron chi connectivity index (χ4n) is 4.36. The molecular formula is C18H25N3O4. The highest BCUT2D eigenvalue weighted by atomic mass is 16.5. The first-order valence-electron chi connectivity index (χ1n) is 8.63. The van der Waals surface area contributed by atoms with Gasteiger partial charge in [0.2, 0.25) is 0 Å². The summed E-state index contributed by atoms with van der Waals surface area (Å²) in [6.07, 6.45) is 5.94. The minimum absolute atomic E-state index is 0.0983. The van der Waals surface area contributed by atoms with Crippen LogP contribution in [0.2, 0.25) is 0 Å². The van der Waals surface area contributed by atoms with Crippen LogP contribution in [-0.2, 0) is 11.3 Å². The van der Waals surface area contributed by atoms with Crippen LogP contribution in [0.25, 0.3) is 0 Å². The Bertz CT molecular complexity index is 681. The number of hydrogen-bond acceptors (Lipinski definition) is 5. The molecule has 3 N–H and O–H groups in total. The van der Waals surface area contributed by atoms with Crippen molar-refractivity contribution in [3.8, 4) is 5.75 Å². The number of aromatic nitrogens is 1. The van der Waals surface area contributed by atoms with Crippen molar-refractivity contribution in [2.24, 2.45) is 10.8 Å². The number of rotatable bonds is 7. The molecule has 0 spiro atoms. The van der Waals surface area contributed by atoms with Gasteiger partial charge < -0.3 is 20.5 Å². The van der Waals surface area contributed by atoms with E-state index in [-0.39, 0.29) is 11.3 Å². The second-order valence-electron chi connectivity index (χ2n) is 7.33. The number of carboxylic acids is 1. The van der Waals surface area contributed by atoms with Gasteiger partial charge in [0.15, 0.2) is 0 Å². The number of nitrogens with zero attached hydrogens (tertiary/aromatic N) is 1. The highest BCUT2D eigenvalue weighted by Crippen LogP contribution is 2.61. The number of ether oxygens (including phenoxy) is 1. The second-order valence-corrected chi connectivity index (χ2v) is 7.33. The van der Waals surface area contributed by atoms with Crippen LogP contribution in [0.15, 0.2) is 12.3 Å². The first-order chi connectivity index (χ1) is 11.9. The first kappa shape index (κ1) is 17.7. The van der Waals surface area contributed by atoms with Gasteiger partial charge in [-0.05, 0) is 37.5 Å². The number of hydrogen-bond donors (Lipinski definition) is 3. The molecule has 1 aromatic heterocycles. The molecule has 136 valence electrons. The van der Waals surface area contributed by atoms with Crippen LogP contribution in [0.5, 0.6) is 5.75 Å². The molecule has 1 amide bonds. The molecule has 1 heterocycles. The van der Waals surface area contributed by atoms with Gasteiger partial charge in [0.25, 0.3) is 5.91 Å². The number of amides is 1. The molecule has 0 atom stereocenters. The Kier molecular flexibility index (Phi) is 4.69. The van der Waals surface area contributed by atoms with Crippen LogP contribution in [-0.4, -0.2) is 42.7 Å². The number of fused-ring (bicyclic) bond motifs is 2. The van der Waals surface area contributed by atoms with Gasteiger partial charge in [-0.15, -0.1) is 0 Å². The molecule has 2 bridgehead atoms. The lowest BCUT2D eigenvalue weighted by molar-refractivity contribution is -0.148. The number of methoxy groups -OCH3 is 1. The molecular weight excluding hydrogens is 322 g/mol. The number of carbonyl (C=O) groups excluding carboxylic acids is 1. The van der Waals surface area contributed by atoms with E-state index in [1.807, 2.05) is 0 Å². The first-order valence-corrected chi connectivity index (χ1v) is 8.63. The van der Waals surface area contributed by atoms with Gasteiger partial charge in [0.05, 0.1) is 12.5 Å². The summed E-state index contributed by atoms with van der Waals surface area (Å²) < 4.78 is 5.37. The molecule has 0 unspecified atom stereocenters. The lowest BCUT2D eigenvalue weighted by atomic mass is 9.82. The number of carbonyl (C=O) groups is 2. The fourth-order valence-corrected chi connectivity index (χ4v) is 4.36. The minimum atomic E-state index is -0.637. The van der Waals surface area contributed by atoms with E-state index < -0.39 is 11.4 Å². The van der Waals surface area contributed by atoms with Crippen molar-refractivity contribution < 1.29 is 19.4 Å². The molecule has 2 fully saturated rings. The predicted octanol–water partition coefficient (Wildman–Crippen LogP) is 1.57. The van der Waals surface area contributed by atoms with E-state index >= 15 is 0 Å². The smallest absolute Gasteiger partial charge is 0.309 e. The molecule has 0 aromatic carbocycles. The summed E-state index contributed by atoms with van der Waals surface area (Å²) in [6, 6.07) is 1.63. The summed E-state index contributed by atoms with van der Waals surface area (Å²) in [6.45, 7) is 1.37. The van der Waals surface area contributed by atoms with Crippen molar-refractivity contribution in [1.29, 1.82) is 0 Å². The minimum Gasteiger partial charge on any atom is -0.496 e. The average Bonchev–Trinajstić information content (AvgIpc) is 3.19. The standard InChI is InChI=1S/C18H25N3O4/c1-19-15(22)13-7-14(25-2)12(9-21-13)8-20-11-17-3-5-18(10-17,6-4-17)16(23)24/h7,9,20H,3-6,8,10-11H2,1-2H3,(H,19,22)(H,23,24). The molecule has 3 rings (SSSR count). The van der Waals surface area contributed by atoms with E-state index in [1.54, 1.807) is 26.4 Å². The molecule has 0 saturated heterocycles. The largest absolute Gasteiger partial charge is 0.496 e. The van der Waals surface area contributed by atoms with E-state index in [0.29, 0.717) is 18.0 Å². The predicted molar refractivity (Wildman–Crippen MR) is 91.5 cm³/mol. The van der Waals surface area contributed by atoms with Crippen molar-refractivity contribution in [2.75, 3.05) is 20.7 Å². The quantitative estimate of drug-likeness (QED) is 0.692. The van der Waals surface area contributed by atoms with Gasteiger partial charge >= 0.3 is 5.97 Å². The Hall–Kier alpha value is -2.15. The zero-order valence-electron chi connectivity index (χ0n) is 14.7. The van der Waals surface area contributed by atoms with Gasteiger partial charge in [-0.2, -0.15) is 0 Å². The molecule has 7 heteroatoms. The third-order valence-electron chi connectivity index (χ3n) is 5.87. The van der Waals surface area contributed by atoms with E-state index in [9.17, 15) is 14.7 Å². The van der Waals surface area contributed by atoms with E-state index in [0.717, 1.165) is 44.2 Å². The van der Waals surface area contributed by atoms with Crippen molar-refractivity contribution in [1.82, 2.24) is 15.6 Å². The molecule has 2 aliphatic carbocycles. The highest BCUT2D eigenvalue weighted by Gasteiger charge is 2.57. The fraction of sp³-hybridized carbons (Fsp3) is 0.611. The molecule has 0 aliphatic heterocycles. The summed E-state index contributed by atoms with van der Waals surface area (Å²) in [4.78, 5) is 27.4. The maximum Gasteiger partial charge on any atom is 0.309 e. The van der Waals surface area contributed by atoms with Crippen LogP contribution in [0.3, 0.4) is 0 Å². The summed E-state index contributed by atoms with van der Waals surface area (Å²) in [5.41, 5.74) is 0.809. The average molecular weight is 347 g/mol. The summed E-state index contributed by atoms with van der Waals surface area (Å²) >= 11 is 0. The Morgan fingerprint density at radius 2 is 2.04 bits per heavy atom. The molecule has 2 aliphatic rings. The number of nitrogens with one attached hydrogen (secondary N) is 2. The van der Waals surface area contributed by atoms with Crippen molar-refractivity contribution in [3.63, 3.8) is 0 Å². The SMILES string of the molecule is CNC(=O)c1cc(OC)c(CNCC23CCC(C(=O)O)(CC2)C3)cn1. The third-order valence-corrected chi connectivity index (χ3v) is 5.87. The van der Waals surface area contributed by atoms with E-state index in [2.05, 4.69) is 15.6 Å². The number of carboxylic acid groups (broad SMARTS) is 1. The van der Waals surface area contributed by atoms with E-state index in [1.165, 1.54) is 0 Å².